The van der Waals surface area contributed by atoms with Gasteiger partial charge in [0.05, 0.1) is 6.54 Å². The van der Waals surface area contributed by atoms with Crippen LogP contribution in [-0.2, 0) is 16.1 Å². The number of nitrogens with one attached hydrogen (secondary N) is 3. The van der Waals surface area contributed by atoms with E-state index in [2.05, 4.69) is 20.9 Å². The average Bonchev–Trinajstić information content (AvgIpc) is 2.70. The van der Waals surface area contributed by atoms with Crippen LogP contribution in [0, 0.1) is 5.92 Å². The molecule has 3 N–H and O–H groups in total. The first-order valence-corrected chi connectivity index (χ1v) is 11.0. The molecule has 4 amide bonds. The van der Waals surface area contributed by atoms with Crippen LogP contribution in [0.15, 0.2) is 24.3 Å². The maximum Gasteiger partial charge on any atom is 0.317 e. The minimum absolute atomic E-state index is 0.0408. The minimum Gasteiger partial charge on any atom is -0.355 e. The molecule has 0 atom stereocenters. The van der Waals surface area contributed by atoms with E-state index in [1.165, 1.54) is 0 Å². The number of nitrogens with zero attached hydrogens (tertiary/aromatic N) is 2. The van der Waals surface area contributed by atoms with Crippen molar-refractivity contribution in [2.75, 3.05) is 44.6 Å². The summed E-state index contributed by atoms with van der Waals surface area (Å²) in [5, 5.41) is 8.80. The summed E-state index contributed by atoms with van der Waals surface area (Å²) in [6.07, 6.45) is 4.00. The smallest absolute Gasteiger partial charge is 0.317 e. The largest absolute Gasteiger partial charge is 0.355 e. The van der Waals surface area contributed by atoms with Gasteiger partial charge in [-0.3, -0.25) is 14.5 Å². The number of carbonyl (C=O) groups is 3. The zero-order chi connectivity index (χ0) is 21.3. The van der Waals surface area contributed by atoms with E-state index < -0.39 is 0 Å². The fourth-order valence-corrected chi connectivity index (χ4v) is 3.60. The molecule has 2 fully saturated rings. The lowest BCUT2D eigenvalue weighted by atomic mass is 9.85. The number of benzene rings is 1. The molecular weight excluding hydrogens is 382 g/mol. The Balaban J connectivity index is 1.39. The molecule has 164 valence electrons. The fourth-order valence-electron chi connectivity index (χ4n) is 3.60. The van der Waals surface area contributed by atoms with Crippen molar-refractivity contribution in [3.63, 3.8) is 0 Å². The third-order valence-corrected chi connectivity index (χ3v) is 5.71. The molecule has 1 heterocycles. The van der Waals surface area contributed by atoms with Crippen molar-refractivity contribution in [1.82, 2.24) is 20.4 Å². The normalized spacial score (nSPS) is 17.2. The van der Waals surface area contributed by atoms with Crippen molar-refractivity contribution < 1.29 is 14.4 Å². The Bertz CT molecular complexity index is 742. The van der Waals surface area contributed by atoms with Gasteiger partial charge in [0.15, 0.2) is 0 Å². The molecule has 1 saturated carbocycles. The molecular formula is C22H33N5O3. The second-order valence-corrected chi connectivity index (χ2v) is 8.09. The number of piperazine rings is 1. The minimum atomic E-state index is -0.103. The van der Waals surface area contributed by atoms with Crippen LogP contribution in [-0.4, -0.2) is 66.9 Å². The van der Waals surface area contributed by atoms with E-state index in [1.807, 2.05) is 31.2 Å². The number of hydrogen-bond donors (Lipinski definition) is 3. The summed E-state index contributed by atoms with van der Waals surface area (Å²) in [6.45, 7) is 6.10. The van der Waals surface area contributed by atoms with E-state index in [0.717, 1.165) is 36.9 Å². The molecule has 3 rings (SSSR count). The van der Waals surface area contributed by atoms with Gasteiger partial charge in [0.25, 0.3) is 0 Å². The van der Waals surface area contributed by atoms with Crippen LogP contribution in [0.2, 0.25) is 0 Å². The number of amides is 4. The lowest BCUT2D eigenvalue weighted by molar-refractivity contribution is -0.123. The Labute approximate surface area is 178 Å². The summed E-state index contributed by atoms with van der Waals surface area (Å²) in [7, 11) is 0. The van der Waals surface area contributed by atoms with Gasteiger partial charge in [0.1, 0.15) is 0 Å². The fraction of sp³-hybridized carbons (Fsp3) is 0.591. The zero-order valence-electron chi connectivity index (χ0n) is 17.8. The van der Waals surface area contributed by atoms with Crippen LogP contribution < -0.4 is 16.0 Å². The summed E-state index contributed by atoms with van der Waals surface area (Å²) in [6, 6.07) is 7.50. The zero-order valence-corrected chi connectivity index (χ0v) is 17.8. The summed E-state index contributed by atoms with van der Waals surface area (Å²) in [5.41, 5.74) is 1.72. The van der Waals surface area contributed by atoms with Gasteiger partial charge < -0.3 is 20.9 Å². The number of urea groups is 1. The van der Waals surface area contributed by atoms with E-state index in [1.54, 1.807) is 4.90 Å². The van der Waals surface area contributed by atoms with Gasteiger partial charge in [0, 0.05) is 50.9 Å². The molecule has 0 spiro atoms. The van der Waals surface area contributed by atoms with E-state index >= 15 is 0 Å². The van der Waals surface area contributed by atoms with Crippen LogP contribution in [0.3, 0.4) is 0 Å². The summed E-state index contributed by atoms with van der Waals surface area (Å²) < 4.78 is 0. The summed E-state index contributed by atoms with van der Waals surface area (Å²) >= 11 is 0. The molecule has 0 aromatic heterocycles. The lowest BCUT2D eigenvalue weighted by Crippen LogP contribution is -2.53. The first kappa shape index (κ1) is 22.1. The summed E-state index contributed by atoms with van der Waals surface area (Å²) in [5.74, 6) is 0.271. The molecule has 1 aliphatic heterocycles. The lowest BCUT2D eigenvalue weighted by Gasteiger charge is -2.34. The molecule has 0 bridgehead atoms. The standard InChI is InChI=1S/C22H33N5O3/c1-2-9-23-20(28)16-26-10-12-27(13-11-26)22(30)24-15-17-5-3-8-19(14-17)25-21(29)18-6-4-7-18/h3,5,8,14,18H,2,4,6-7,9-13,15-16H2,1H3,(H,23,28)(H,24,30)(H,25,29). The van der Waals surface area contributed by atoms with Gasteiger partial charge in [-0.15, -0.1) is 0 Å². The van der Waals surface area contributed by atoms with Crippen molar-refractivity contribution in [1.29, 1.82) is 0 Å². The molecule has 1 saturated heterocycles. The molecule has 1 aromatic rings. The monoisotopic (exact) mass is 415 g/mol. The predicted molar refractivity (Wildman–Crippen MR) is 116 cm³/mol. The molecule has 30 heavy (non-hydrogen) atoms. The third kappa shape index (κ3) is 6.45. The van der Waals surface area contributed by atoms with Crippen LogP contribution in [0.1, 0.15) is 38.2 Å². The highest BCUT2D eigenvalue weighted by atomic mass is 16.2. The van der Waals surface area contributed by atoms with Gasteiger partial charge >= 0.3 is 6.03 Å². The quantitative estimate of drug-likeness (QED) is 0.603. The van der Waals surface area contributed by atoms with Gasteiger partial charge in [-0.2, -0.15) is 0 Å². The van der Waals surface area contributed by atoms with Crippen molar-refractivity contribution in [2.24, 2.45) is 5.92 Å². The SMILES string of the molecule is CCCNC(=O)CN1CCN(C(=O)NCc2cccc(NC(=O)C3CCC3)c2)CC1. The van der Waals surface area contributed by atoms with Gasteiger partial charge in [-0.05, 0) is 37.0 Å². The van der Waals surface area contributed by atoms with Gasteiger partial charge in [-0.1, -0.05) is 25.5 Å². The van der Waals surface area contributed by atoms with Crippen LogP contribution in [0.5, 0.6) is 0 Å². The highest BCUT2D eigenvalue weighted by Gasteiger charge is 2.25. The molecule has 0 unspecified atom stereocenters. The van der Waals surface area contributed by atoms with Crippen molar-refractivity contribution in [3.8, 4) is 0 Å². The van der Waals surface area contributed by atoms with Crippen molar-refractivity contribution >= 4 is 23.5 Å². The van der Waals surface area contributed by atoms with Crippen molar-refractivity contribution in [3.05, 3.63) is 29.8 Å². The van der Waals surface area contributed by atoms with E-state index in [-0.39, 0.29) is 23.8 Å². The maximum absolute atomic E-state index is 12.5. The second kappa shape index (κ2) is 11.0. The third-order valence-electron chi connectivity index (χ3n) is 5.71. The average molecular weight is 416 g/mol. The second-order valence-electron chi connectivity index (χ2n) is 8.09. The topological polar surface area (TPSA) is 93.8 Å². The van der Waals surface area contributed by atoms with E-state index in [9.17, 15) is 14.4 Å². The van der Waals surface area contributed by atoms with Gasteiger partial charge in [-0.25, -0.2) is 4.79 Å². The van der Waals surface area contributed by atoms with E-state index in [4.69, 9.17) is 0 Å². The molecule has 0 radical (unpaired) electrons. The maximum atomic E-state index is 12.5. The number of hydrogen-bond acceptors (Lipinski definition) is 4. The first-order valence-electron chi connectivity index (χ1n) is 11.0. The summed E-state index contributed by atoms with van der Waals surface area (Å²) in [4.78, 5) is 40.3. The first-order chi connectivity index (χ1) is 14.5. The Morgan fingerprint density at radius 2 is 1.83 bits per heavy atom. The van der Waals surface area contributed by atoms with E-state index in [0.29, 0.717) is 45.8 Å². The molecule has 8 heteroatoms. The van der Waals surface area contributed by atoms with Crippen LogP contribution in [0.4, 0.5) is 10.5 Å². The molecule has 1 aliphatic carbocycles. The van der Waals surface area contributed by atoms with Crippen molar-refractivity contribution in [2.45, 2.75) is 39.2 Å². The molecule has 1 aromatic carbocycles. The van der Waals surface area contributed by atoms with Crippen LogP contribution >= 0.6 is 0 Å². The number of rotatable bonds is 8. The number of anilines is 1. The number of carbonyl (C=O) groups excluding carboxylic acids is 3. The Hall–Kier alpha value is -2.61. The Morgan fingerprint density at radius 1 is 1.07 bits per heavy atom. The van der Waals surface area contributed by atoms with Gasteiger partial charge in [0.2, 0.25) is 11.8 Å². The highest BCUT2D eigenvalue weighted by Crippen LogP contribution is 2.27. The molecule has 8 nitrogen and oxygen atoms in total. The van der Waals surface area contributed by atoms with Crippen LogP contribution in [0.25, 0.3) is 0 Å². The Morgan fingerprint density at radius 3 is 2.50 bits per heavy atom. The Kier molecular flexibility index (Phi) is 8.07. The highest BCUT2D eigenvalue weighted by molar-refractivity contribution is 5.93. The predicted octanol–water partition coefficient (Wildman–Crippen LogP) is 1.78. The molecule has 2 aliphatic rings.